The largest absolute Gasteiger partial charge is 0.350 e. The summed E-state index contributed by atoms with van der Waals surface area (Å²) < 4.78 is 1.86. The molecule has 1 saturated carbocycles. The Morgan fingerprint density at radius 2 is 2.12 bits per heavy atom. The Kier molecular flexibility index (Phi) is 5.04. The van der Waals surface area contributed by atoms with E-state index in [4.69, 9.17) is 0 Å². The molecular weight excluding hydrogens is 304 g/mol. The van der Waals surface area contributed by atoms with Gasteiger partial charge in [-0.1, -0.05) is 19.8 Å². The lowest BCUT2D eigenvalue weighted by atomic mass is 10.1. The summed E-state index contributed by atoms with van der Waals surface area (Å²) >= 11 is 0. The van der Waals surface area contributed by atoms with Crippen LogP contribution >= 0.6 is 0 Å². The van der Waals surface area contributed by atoms with Gasteiger partial charge in [0.1, 0.15) is 0 Å². The molecule has 1 atom stereocenters. The van der Waals surface area contributed by atoms with Gasteiger partial charge in [0.15, 0.2) is 0 Å². The summed E-state index contributed by atoms with van der Waals surface area (Å²) in [6.07, 6.45) is 4.46. The minimum Gasteiger partial charge on any atom is -0.350 e. The van der Waals surface area contributed by atoms with Crippen molar-refractivity contribution in [2.24, 2.45) is 0 Å². The van der Waals surface area contributed by atoms with Gasteiger partial charge in [-0.2, -0.15) is 0 Å². The number of amides is 1. The third kappa shape index (κ3) is 3.38. The number of likely N-dealkylation sites (N-methyl/N-ethyl adjacent to an activating group) is 1. The molecule has 0 spiro atoms. The van der Waals surface area contributed by atoms with Gasteiger partial charge in [-0.3, -0.25) is 9.36 Å². The number of nitrogens with zero attached hydrogens (tertiary/aromatic N) is 1. The van der Waals surface area contributed by atoms with Crippen molar-refractivity contribution in [3.05, 3.63) is 34.2 Å². The number of aromatic amines is 1. The smallest absolute Gasteiger partial charge is 0.326 e. The van der Waals surface area contributed by atoms with Gasteiger partial charge in [-0.25, -0.2) is 4.79 Å². The molecule has 3 rings (SSSR count). The summed E-state index contributed by atoms with van der Waals surface area (Å²) in [5, 5.41) is 6.18. The van der Waals surface area contributed by atoms with Crippen molar-refractivity contribution in [1.29, 1.82) is 0 Å². The second kappa shape index (κ2) is 7.21. The molecule has 0 aliphatic heterocycles. The fourth-order valence-corrected chi connectivity index (χ4v) is 3.57. The zero-order chi connectivity index (χ0) is 17.1. The zero-order valence-corrected chi connectivity index (χ0v) is 14.4. The highest BCUT2D eigenvalue weighted by Crippen LogP contribution is 2.30. The molecular formula is C18H26N4O2. The summed E-state index contributed by atoms with van der Waals surface area (Å²) in [6.45, 7) is 5.52. The van der Waals surface area contributed by atoms with Crippen LogP contribution in [-0.2, 0) is 0 Å². The molecule has 1 amide bonds. The summed E-state index contributed by atoms with van der Waals surface area (Å²) in [6, 6.07) is 5.97. The third-order valence-corrected chi connectivity index (χ3v) is 4.79. The Labute approximate surface area is 141 Å². The monoisotopic (exact) mass is 330 g/mol. The number of carbonyl (C=O) groups excluding carboxylic acids is 1. The van der Waals surface area contributed by atoms with Gasteiger partial charge >= 0.3 is 5.69 Å². The number of imidazole rings is 1. The number of aromatic nitrogens is 2. The van der Waals surface area contributed by atoms with Crippen LogP contribution in [0.25, 0.3) is 11.0 Å². The van der Waals surface area contributed by atoms with E-state index in [9.17, 15) is 9.59 Å². The highest BCUT2D eigenvalue weighted by atomic mass is 16.2. The highest BCUT2D eigenvalue weighted by molar-refractivity contribution is 5.97. The van der Waals surface area contributed by atoms with Gasteiger partial charge in [-0.05, 0) is 44.5 Å². The standard InChI is InChI=1S/C18H26N4O2/c1-3-19-12(2)11-20-17(23)13-8-9-16-15(10-13)21-18(24)22(16)14-6-4-5-7-14/h8-10,12,14,19H,3-7,11H2,1-2H3,(H,20,23)(H,21,24)/t12-/m1/s1. The summed E-state index contributed by atoms with van der Waals surface area (Å²) in [7, 11) is 0. The Morgan fingerprint density at radius 3 is 2.83 bits per heavy atom. The normalized spacial score (nSPS) is 16.6. The summed E-state index contributed by atoms with van der Waals surface area (Å²) in [5.41, 5.74) is 2.13. The maximum atomic E-state index is 12.3. The van der Waals surface area contributed by atoms with E-state index in [-0.39, 0.29) is 23.7 Å². The topological polar surface area (TPSA) is 78.9 Å². The van der Waals surface area contributed by atoms with Gasteiger partial charge in [0, 0.05) is 24.2 Å². The minimum atomic E-state index is -0.115. The lowest BCUT2D eigenvalue weighted by Crippen LogP contribution is -2.38. The molecule has 130 valence electrons. The van der Waals surface area contributed by atoms with Gasteiger partial charge in [-0.15, -0.1) is 0 Å². The number of rotatable bonds is 6. The van der Waals surface area contributed by atoms with Gasteiger partial charge in [0.2, 0.25) is 0 Å². The van der Waals surface area contributed by atoms with Crippen LogP contribution in [0.3, 0.4) is 0 Å². The molecule has 1 aliphatic carbocycles. The van der Waals surface area contributed by atoms with Crippen LogP contribution in [0.1, 0.15) is 55.9 Å². The van der Waals surface area contributed by atoms with Crippen molar-refractivity contribution < 1.29 is 4.79 Å². The molecule has 0 unspecified atom stereocenters. The van der Waals surface area contributed by atoms with E-state index in [2.05, 4.69) is 15.6 Å². The maximum Gasteiger partial charge on any atom is 0.326 e. The molecule has 3 N–H and O–H groups in total. The SMILES string of the molecule is CCN[C@H](C)CNC(=O)c1ccc2c(c1)[nH]c(=O)n2C1CCCC1. The van der Waals surface area contributed by atoms with Crippen molar-refractivity contribution in [1.82, 2.24) is 20.2 Å². The Hall–Kier alpha value is -2.08. The van der Waals surface area contributed by atoms with Crippen LogP contribution < -0.4 is 16.3 Å². The number of nitrogens with one attached hydrogen (secondary N) is 3. The molecule has 6 heteroatoms. The third-order valence-electron chi connectivity index (χ3n) is 4.79. The van der Waals surface area contributed by atoms with Crippen molar-refractivity contribution >= 4 is 16.9 Å². The predicted octanol–water partition coefficient (Wildman–Crippen LogP) is 2.17. The van der Waals surface area contributed by atoms with Crippen LogP contribution in [0.4, 0.5) is 0 Å². The maximum absolute atomic E-state index is 12.3. The van der Waals surface area contributed by atoms with Gasteiger partial charge in [0.05, 0.1) is 11.0 Å². The quantitative estimate of drug-likeness (QED) is 0.759. The minimum absolute atomic E-state index is 0.0739. The summed E-state index contributed by atoms with van der Waals surface area (Å²) in [5.74, 6) is -0.115. The molecule has 1 aliphatic rings. The first-order valence-electron chi connectivity index (χ1n) is 8.86. The van der Waals surface area contributed by atoms with E-state index in [1.807, 2.05) is 24.5 Å². The molecule has 0 bridgehead atoms. The van der Waals surface area contributed by atoms with Crippen LogP contribution in [0.15, 0.2) is 23.0 Å². The Balaban J connectivity index is 1.79. The van der Waals surface area contributed by atoms with E-state index in [0.717, 1.165) is 30.4 Å². The van der Waals surface area contributed by atoms with E-state index in [1.54, 1.807) is 12.1 Å². The van der Waals surface area contributed by atoms with Gasteiger partial charge < -0.3 is 15.6 Å². The summed E-state index contributed by atoms with van der Waals surface area (Å²) in [4.78, 5) is 27.5. The van der Waals surface area contributed by atoms with Crippen LogP contribution in [0.2, 0.25) is 0 Å². The van der Waals surface area contributed by atoms with Crippen molar-refractivity contribution in [2.75, 3.05) is 13.1 Å². The molecule has 1 aromatic carbocycles. The zero-order valence-electron chi connectivity index (χ0n) is 14.4. The van der Waals surface area contributed by atoms with Crippen molar-refractivity contribution in [3.63, 3.8) is 0 Å². The Bertz CT molecular complexity index is 771. The average molecular weight is 330 g/mol. The fourth-order valence-electron chi connectivity index (χ4n) is 3.57. The number of H-pyrrole nitrogens is 1. The second-order valence-electron chi connectivity index (χ2n) is 6.64. The first-order chi connectivity index (χ1) is 11.6. The molecule has 0 saturated heterocycles. The molecule has 1 fully saturated rings. The van der Waals surface area contributed by atoms with Crippen molar-refractivity contribution in [2.45, 2.75) is 51.6 Å². The van der Waals surface area contributed by atoms with E-state index >= 15 is 0 Å². The fraction of sp³-hybridized carbons (Fsp3) is 0.556. The van der Waals surface area contributed by atoms with Gasteiger partial charge in [0.25, 0.3) is 5.91 Å². The molecule has 1 heterocycles. The number of carbonyl (C=O) groups is 1. The number of fused-ring (bicyclic) bond motifs is 1. The first kappa shape index (κ1) is 16.8. The van der Waals surface area contributed by atoms with Crippen LogP contribution in [-0.4, -0.2) is 34.6 Å². The lowest BCUT2D eigenvalue weighted by Gasteiger charge is -2.13. The van der Waals surface area contributed by atoms with Crippen molar-refractivity contribution in [3.8, 4) is 0 Å². The van der Waals surface area contributed by atoms with E-state index in [0.29, 0.717) is 12.1 Å². The van der Waals surface area contributed by atoms with Crippen LogP contribution in [0.5, 0.6) is 0 Å². The second-order valence-corrected chi connectivity index (χ2v) is 6.64. The molecule has 24 heavy (non-hydrogen) atoms. The number of benzene rings is 1. The first-order valence-corrected chi connectivity index (χ1v) is 8.86. The Morgan fingerprint density at radius 1 is 1.38 bits per heavy atom. The molecule has 1 aromatic heterocycles. The highest BCUT2D eigenvalue weighted by Gasteiger charge is 2.21. The molecule has 6 nitrogen and oxygen atoms in total. The molecule has 2 aromatic rings. The predicted molar refractivity (Wildman–Crippen MR) is 95.5 cm³/mol. The lowest BCUT2D eigenvalue weighted by molar-refractivity contribution is 0.0950. The average Bonchev–Trinajstić information content (AvgIpc) is 3.18. The number of hydrogen-bond donors (Lipinski definition) is 3. The van der Waals surface area contributed by atoms with Crippen LogP contribution in [0, 0.1) is 0 Å². The molecule has 0 radical (unpaired) electrons. The van der Waals surface area contributed by atoms with E-state index < -0.39 is 0 Å². The number of hydrogen-bond acceptors (Lipinski definition) is 3. The van der Waals surface area contributed by atoms with E-state index in [1.165, 1.54) is 12.8 Å².